The van der Waals surface area contributed by atoms with Crippen LogP contribution in [0.2, 0.25) is 0 Å². The van der Waals surface area contributed by atoms with Crippen molar-refractivity contribution in [1.29, 1.82) is 0 Å². The molecular weight excluding hydrogens is 266 g/mol. The van der Waals surface area contributed by atoms with E-state index in [-0.39, 0.29) is 5.41 Å². The molecule has 0 bridgehead atoms. The first-order chi connectivity index (χ1) is 10.4. The highest BCUT2D eigenvalue weighted by atomic mass is 15.0. The molecule has 1 heteroatoms. The van der Waals surface area contributed by atoms with Gasteiger partial charge in [0.2, 0.25) is 0 Å². The number of hydrogen-bond acceptors (Lipinski definition) is 0. The topological polar surface area (TPSA) is 4.93 Å². The lowest BCUT2D eigenvalue weighted by atomic mass is 9.86. The minimum absolute atomic E-state index is 0.0917. The lowest BCUT2D eigenvalue weighted by Crippen LogP contribution is -2.19. The van der Waals surface area contributed by atoms with Crippen LogP contribution in [0.3, 0.4) is 0 Å². The van der Waals surface area contributed by atoms with Crippen molar-refractivity contribution in [3.8, 4) is 11.1 Å². The number of para-hydroxylation sites is 1. The molecule has 1 heterocycles. The highest BCUT2D eigenvalue weighted by Crippen LogP contribution is 2.42. The van der Waals surface area contributed by atoms with E-state index in [0.29, 0.717) is 6.04 Å². The van der Waals surface area contributed by atoms with E-state index in [4.69, 9.17) is 0 Å². The van der Waals surface area contributed by atoms with E-state index in [1.807, 2.05) is 0 Å². The summed E-state index contributed by atoms with van der Waals surface area (Å²) < 4.78 is 2.51. The third-order valence-electron chi connectivity index (χ3n) is 4.20. The van der Waals surface area contributed by atoms with Gasteiger partial charge in [-0.2, -0.15) is 0 Å². The van der Waals surface area contributed by atoms with E-state index in [0.717, 1.165) is 0 Å². The first kappa shape index (κ1) is 14.9. The number of hydrogen-bond donors (Lipinski definition) is 0. The van der Waals surface area contributed by atoms with Crippen LogP contribution >= 0.6 is 0 Å². The maximum absolute atomic E-state index is 2.51. The average Bonchev–Trinajstić information content (AvgIpc) is 2.83. The summed E-state index contributed by atoms with van der Waals surface area (Å²) in [5, 5.41) is 1.35. The molecule has 0 spiro atoms. The standard InChI is InChI=1S/C21H25N/c1-15(2)22-18-14-10-9-13-17(18)19(20(22)21(3,4)5)16-11-7-6-8-12-16/h6-15H,1-5H3. The number of rotatable bonds is 2. The molecule has 3 rings (SSSR count). The van der Waals surface area contributed by atoms with Crippen molar-refractivity contribution in [1.82, 2.24) is 4.57 Å². The molecule has 22 heavy (non-hydrogen) atoms. The van der Waals surface area contributed by atoms with Crippen LogP contribution in [0.5, 0.6) is 0 Å². The summed E-state index contributed by atoms with van der Waals surface area (Å²) >= 11 is 0. The minimum atomic E-state index is 0.0917. The highest BCUT2D eigenvalue weighted by Gasteiger charge is 2.28. The molecule has 0 atom stereocenters. The van der Waals surface area contributed by atoms with E-state index in [1.165, 1.54) is 27.7 Å². The Balaban J connectivity index is 2.49. The van der Waals surface area contributed by atoms with E-state index in [2.05, 4.69) is 93.8 Å². The summed E-state index contributed by atoms with van der Waals surface area (Å²) in [5.74, 6) is 0. The van der Waals surface area contributed by atoms with Crippen LogP contribution in [0.25, 0.3) is 22.0 Å². The Morgan fingerprint density at radius 1 is 0.818 bits per heavy atom. The maximum Gasteiger partial charge on any atom is 0.0491 e. The quantitative estimate of drug-likeness (QED) is 0.530. The second kappa shape index (κ2) is 5.31. The molecule has 2 aromatic carbocycles. The van der Waals surface area contributed by atoms with Gasteiger partial charge in [-0.1, -0.05) is 69.3 Å². The number of fused-ring (bicyclic) bond motifs is 1. The van der Waals surface area contributed by atoms with Gasteiger partial charge in [-0.25, -0.2) is 0 Å². The zero-order valence-corrected chi connectivity index (χ0v) is 14.2. The largest absolute Gasteiger partial charge is 0.341 e. The number of nitrogens with zero attached hydrogens (tertiary/aromatic N) is 1. The normalized spacial score (nSPS) is 12.3. The molecule has 114 valence electrons. The fraction of sp³-hybridized carbons (Fsp3) is 0.333. The second-order valence-electron chi connectivity index (χ2n) is 7.32. The van der Waals surface area contributed by atoms with E-state index >= 15 is 0 Å². The number of benzene rings is 2. The summed E-state index contributed by atoms with van der Waals surface area (Å²) in [6.45, 7) is 11.5. The third kappa shape index (κ3) is 2.35. The van der Waals surface area contributed by atoms with Crippen molar-refractivity contribution in [3.05, 3.63) is 60.3 Å². The van der Waals surface area contributed by atoms with E-state index in [9.17, 15) is 0 Å². The molecule has 0 aliphatic carbocycles. The zero-order chi connectivity index (χ0) is 15.9. The van der Waals surface area contributed by atoms with Gasteiger partial charge in [0.1, 0.15) is 0 Å². The monoisotopic (exact) mass is 291 g/mol. The fourth-order valence-electron chi connectivity index (χ4n) is 3.43. The van der Waals surface area contributed by atoms with Gasteiger partial charge in [-0.05, 0) is 25.5 Å². The van der Waals surface area contributed by atoms with Crippen molar-refractivity contribution >= 4 is 10.9 Å². The summed E-state index contributed by atoms with van der Waals surface area (Å²) in [7, 11) is 0. The van der Waals surface area contributed by atoms with Crippen molar-refractivity contribution < 1.29 is 0 Å². The van der Waals surface area contributed by atoms with Crippen molar-refractivity contribution in [3.63, 3.8) is 0 Å². The van der Waals surface area contributed by atoms with Crippen LogP contribution in [0, 0.1) is 0 Å². The molecule has 0 saturated heterocycles. The first-order valence-electron chi connectivity index (χ1n) is 8.10. The Morgan fingerprint density at radius 3 is 2.00 bits per heavy atom. The molecule has 0 amide bonds. The van der Waals surface area contributed by atoms with Crippen LogP contribution in [0.1, 0.15) is 46.4 Å². The molecule has 0 fully saturated rings. The Labute approximate surface area is 133 Å². The van der Waals surface area contributed by atoms with Gasteiger partial charge in [-0.15, -0.1) is 0 Å². The molecule has 1 aromatic heterocycles. The van der Waals surface area contributed by atoms with Crippen molar-refractivity contribution in [2.24, 2.45) is 0 Å². The first-order valence-corrected chi connectivity index (χ1v) is 8.10. The smallest absolute Gasteiger partial charge is 0.0491 e. The maximum atomic E-state index is 2.51. The molecule has 0 aliphatic rings. The zero-order valence-electron chi connectivity index (χ0n) is 14.2. The predicted octanol–water partition coefficient (Wildman–Crippen LogP) is 6.19. The fourth-order valence-corrected chi connectivity index (χ4v) is 3.43. The van der Waals surface area contributed by atoms with Crippen molar-refractivity contribution in [2.45, 2.75) is 46.1 Å². The summed E-state index contributed by atoms with van der Waals surface area (Å²) in [5.41, 5.74) is 5.55. The van der Waals surface area contributed by atoms with Gasteiger partial charge in [0.25, 0.3) is 0 Å². The van der Waals surface area contributed by atoms with E-state index in [1.54, 1.807) is 0 Å². The Bertz CT molecular complexity index is 786. The molecule has 0 unspecified atom stereocenters. The van der Waals surface area contributed by atoms with Crippen LogP contribution in [0.15, 0.2) is 54.6 Å². The van der Waals surface area contributed by atoms with E-state index < -0.39 is 0 Å². The lowest BCUT2D eigenvalue weighted by molar-refractivity contribution is 0.495. The minimum Gasteiger partial charge on any atom is -0.341 e. The van der Waals surface area contributed by atoms with Gasteiger partial charge in [0.15, 0.2) is 0 Å². The predicted molar refractivity (Wildman–Crippen MR) is 96.5 cm³/mol. The molecular formula is C21H25N. The SMILES string of the molecule is CC(C)n1c(C(C)(C)C)c(-c2ccccc2)c2ccccc21. The average molecular weight is 291 g/mol. The van der Waals surface area contributed by atoms with Gasteiger partial charge in [-0.3, -0.25) is 0 Å². The Hall–Kier alpha value is -2.02. The Kier molecular flexibility index (Phi) is 3.60. The molecule has 0 radical (unpaired) electrons. The van der Waals surface area contributed by atoms with Crippen molar-refractivity contribution in [2.75, 3.05) is 0 Å². The molecule has 0 N–H and O–H groups in total. The van der Waals surface area contributed by atoms with Gasteiger partial charge in [0.05, 0.1) is 0 Å². The van der Waals surface area contributed by atoms with Crippen LogP contribution in [0.4, 0.5) is 0 Å². The van der Waals surface area contributed by atoms with Gasteiger partial charge < -0.3 is 4.57 Å². The molecule has 0 saturated carbocycles. The lowest BCUT2D eigenvalue weighted by Gasteiger charge is -2.26. The van der Waals surface area contributed by atoms with Crippen LogP contribution in [-0.4, -0.2) is 4.57 Å². The molecule has 1 nitrogen and oxygen atoms in total. The van der Waals surface area contributed by atoms with Gasteiger partial charge in [0, 0.05) is 33.6 Å². The van der Waals surface area contributed by atoms with Gasteiger partial charge >= 0.3 is 0 Å². The summed E-state index contributed by atoms with van der Waals surface area (Å²) in [6, 6.07) is 20.0. The number of aromatic nitrogens is 1. The van der Waals surface area contributed by atoms with Crippen LogP contribution < -0.4 is 0 Å². The summed E-state index contributed by atoms with van der Waals surface area (Å²) in [6.07, 6.45) is 0. The highest BCUT2D eigenvalue weighted by molar-refractivity contribution is 5.98. The second-order valence-corrected chi connectivity index (χ2v) is 7.32. The third-order valence-corrected chi connectivity index (χ3v) is 4.20. The Morgan fingerprint density at radius 2 is 1.41 bits per heavy atom. The van der Waals surface area contributed by atoms with Crippen LogP contribution in [-0.2, 0) is 5.41 Å². The summed E-state index contributed by atoms with van der Waals surface area (Å²) in [4.78, 5) is 0. The molecule has 3 aromatic rings. The molecule has 0 aliphatic heterocycles.